The zero-order valence-electron chi connectivity index (χ0n) is 14.0. The highest BCUT2D eigenvalue weighted by Crippen LogP contribution is 2.20. The number of hydrogen-bond donors (Lipinski definition) is 1. The molecular weight excluding hydrogens is 262 g/mol. The van der Waals surface area contributed by atoms with E-state index in [0.717, 1.165) is 39.1 Å². The van der Waals surface area contributed by atoms with Crippen molar-refractivity contribution in [2.45, 2.75) is 78.5 Å². The van der Waals surface area contributed by atoms with Crippen LogP contribution in [0.25, 0.3) is 0 Å². The number of rotatable bonds is 9. The van der Waals surface area contributed by atoms with Crippen LogP contribution in [0.4, 0.5) is 0 Å². The van der Waals surface area contributed by atoms with Gasteiger partial charge in [0.05, 0.1) is 11.8 Å². The molecule has 0 aliphatic carbocycles. The van der Waals surface area contributed by atoms with Crippen molar-refractivity contribution >= 4 is 0 Å². The predicted octanol–water partition coefficient (Wildman–Crippen LogP) is 3.08. The fourth-order valence-electron chi connectivity index (χ4n) is 3.25. The molecule has 0 aromatic carbocycles. The maximum absolute atomic E-state index is 5.71. The molecule has 1 aromatic heterocycles. The topological polar surface area (TPSA) is 39.1 Å². The molecule has 1 aliphatic rings. The number of aryl methyl sites for hydroxylation is 2. The molecule has 1 fully saturated rings. The van der Waals surface area contributed by atoms with Crippen molar-refractivity contribution < 1.29 is 4.74 Å². The second kappa shape index (κ2) is 8.54. The predicted molar refractivity (Wildman–Crippen MR) is 86.6 cm³/mol. The van der Waals surface area contributed by atoms with Gasteiger partial charge in [-0.05, 0) is 45.1 Å². The Bertz CT molecular complexity index is 422. The molecule has 120 valence electrons. The van der Waals surface area contributed by atoms with E-state index in [2.05, 4.69) is 30.8 Å². The van der Waals surface area contributed by atoms with Gasteiger partial charge in [-0.15, -0.1) is 0 Å². The molecule has 2 heterocycles. The summed E-state index contributed by atoms with van der Waals surface area (Å²) < 4.78 is 7.96. The average molecular weight is 293 g/mol. The van der Waals surface area contributed by atoms with Gasteiger partial charge < -0.3 is 10.1 Å². The van der Waals surface area contributed by atoms with Gasteiger partial charge >= 0.3 is 0 Å². The van der Waals surface area contributed by atoms with E-state index >= 15 is 0 Å². The van der Waals surface area contributed by atoms with E-state index in [4.69, 9.17) is 9.84 Å². The van der Waals surface area contributed by atoms with Crippen LogP contribution in [0.3, 0.4) is 0 Å². The smallest absolute Gasteiger partial charge is 0.0669 e. The van der Waals surface area contributed by atoms with E-state index in [1.807, 2.05) is 0 Å². The fourth-order valence-corrected chi connectivity index (χ4v) is 3.25. The van der Waals surface area contributed by atoms with Crippen molar-refractivity contribution in [1.29, 1.82) is 0 Å². The van der Waals surface area contributed by atoms with Crippen molar-refractivity contribution in [2.75, 3.05) is 13.2 Å². The zero-order valence-corrected chi connectivity index (χ0v) is 14.0. The lowest BCUT2D eigenvalue weighted by molar-refractivity contribution is 0.101. The Balaban J connectivity index is 1.98. The van der Waals surface area contributed by atoms with Crippen molar-refractivity contribution in [2.24, 2.45) is 0 Å². The molecule has 2 rings (SSSR count). The van der Waals surface area contributed by atoms with E-state index in [0.29, 0.717) is 6.10 Å². The maximum Gasteiger partial charge on any atom is 0.0669 e. The molecular formula is C17H31N3O. The minimum absolute atomic E-state index is 0.498. The first-order valence-corrected chi connectivity index (χ1v) is 8.69. The first-order chi connectivity index (χ1) is 10.3. The summed E-state index contributed by atoms with van der Waals surface area (Å²) >= 11 is 0. The van der Waals surface area contributed by atoms with Crippen molar-refractivity contribution in [1.82, 2.24) is 15.1 Å². The number of hydrogen-bond acceptors (Lipinski definition) is 3. The van der Waals surface area contributed by atoms with E-state index < -0.39 is 0 Å². The van der Waals surface area contributed by atoms with Crippen LogP contribution in [-0.2, 0) is 30.7 Å². The highest BCUT2D eigenvalue weighted by Gasteiger charge is 2.17. The lowest BCUT2D eigenvalue weighted by Crippen LogP contribution is -2.14. The summed E-state index contributed by atoms with van der Waals surface area (Å²) in [7, 11) is 0. The van der Waals surface area contributed by atoms with Gasteiger partial charge in [0, 0.05) is 31.0 Å². The average Bonchev–Trinajstić information content (AvgIpc) is 3.12. The second-order valence-corrected chi connectivity index (χ2v) is 5.86. The molecule has 4 heteroatoms. The second-order valence-electron chi connectivity index (χ2n) is 5.86. The van der Waals surface area contributed by atoms with Gasteiger partial charge in [0.15, 0.2) is 0 Å². The summed E-state index contributed by atoms with van der Waals surface area (Å²) in [4.78, 5) is 0. The largest absolute Gasteiger partial charge is 0.378 e. The molecule has 1 N–H and O–H groups in total. The Labute approximate surface area is 129 Å². The quantitative estimate of drug-likeness (QED) is 0.760. The van der Waals surface area contributed by atoms with Crippen LogP contribution >= 0.6 is 0 Å². The third-order valence-electron chi connectivity index (χ3n) is 4.39. The minimum atomic E-state index is 0.498. The van der Waals surface area contributed by atoms with Crippen LogP contribution in [0.5, 0.6) is 0 Å². The summed E-state index contributed by atoms with van der Waals surface area (Å²) in [6, 6.07) is 0. The Kier molecular flexibility index (Phi) is 6.71. The van der Waals surface area contributed by atoms with Gasteiger partial charge in [0.1, 0.15) is 0 Å². The summed E-state index contributed by atoms with van der Waals surface area (Å²) in [6.45, 7) is 10.5. The fraction of sp³-hybridized carbons (Fsp3) is 0.824. The Morgan fingerprint density at radius 1 is 1.29 bits per heavy atom. The standard InChI is InChI=1S/C17H31N3O/c1-4-16-15(13-18-6-3)17(5-2)20(19-16)11-7-9-14-10-8-12-21-14/h14,18H,4-13H2,1-3H3. The first-order valence-electron chi connectivity index (χ1n) is 8.69. The highest BCUT2D eigenvalue weighted by atomic mass is 16.5. The monoisotopic (exact) mass is 293 g/mol. The summed E-state index contributed by atoms with van der Waals surface area (Å²) in [5, 5.41) is 8.31. The highest BCUT2D eigenvalue weighted by molar-refractivity contribution is 5.26. The summed E-state index contributed by atoms with van der Waals surface area (Å²) in [5.74, 6) is 0. The molecule has 0 bridgehead atoms. The molecule has 21 heavy (non-hydrogen) atoms. The van der Waals surface area contributed by atoms with Crippen LogP contribution in [0.15, 0.2) is 0 Å². The van der Waals surface area contributed by atoms with Crippen molar-refractivity contribution in [3.05, 3.63) is 17.0 Å². The SMILES string of the molecule is CCNCc1c(CC)nn(CCCC2CCCO2)c1CC. The maximum atomic E-state index is 5.71. The third-order valence-corrected chi connectivity index (χ3v) is 4.39. The van der Waals surface area contributed by atoms with Crippen LogP contribution in [-0.4, -0.2) is 29.0 Å². The number of aromatic nitrogens is 2. The van der Waals surface area contributed by atoms with Gasteiger partial charge in [0.25, 0.3) is 0 Å². The van der Waals surface area contributed by atoms with Gasteiger partial charge in [0.2, 0.25) is 0 Å². The van der Waals surface area contributed by atoms with Crippen LogP contribution in [0.1, 0.15) is 63.4 Å². The molecule has 1 aliphatic heterocycles. The van der Waals surface area contributed by atoms with E-state index in [1.165, 1.54) is 42.6 Å². The number of nitrogens with one attached hydrogen (secondary N) is 1. The summed E-state index contributed by atoms with van der Waals surface area (Å²) in [5.41, 5.74) is 4.11. The zero-order chi connectivity index (χ0) is 15.1. The molecule has 1 saturated heterocycles. The van der Waals surface area contributed by atoms with Crippen LogP contribution < -0.4 is 5.32 Å². The summed E-state index contributed by atoms with van der Waals surface area (Å²) in [6.07, 6.45) is 7.40. The molecule has 1 atom stereocenters. The van der Waals surface area contributed by atoms with Gasteiger partial charge in [-0.3, -0.25) is 4.68 Å². The molecule has 1 unspecified atom stereocenters. The minimum Gasteiger partial charge on any atom is -0.378 e. The van der Waals surface area contributed by atoms with E-state index in [9.17, 15) is 0 Å². The Morgan fingerprint density at radius 2 is 2.14 bits per heavy atom. The van der Waals surface area contributed by atoms with Crippen molar-refractivity contribution in [3.8, 4) is 0 Å². The lowest BCUT2D eigenvalue weighted by atomic mass is 10.1. The first kappa shape index (κ1) is 16.5. The van der Waals surface area contributed by atoms with E-state index in [-0.39, 0.29) is 0 Å². The molecule has 0 radical (unpaired) electrons. The Morgan fingerprint density at radius 3 is 2.76 bits per heavy atom. The van der Waals surface area contributed by atoms with Gasteiger partial charge in [-0.1, -0.05) is 20.8 Å². The molecule has 4 nitrogen and oxygen atoms in total. The van der Waals surface area contributed by atoms with E-state index in [1.54, 1.807) is 0 Å². The normalized spacial score (nSPS) is 18.5. The van der Waals surface area contributed by atoms with Crippen LogP contribution in [0, 0.1) is 0 Å². The molecule has 1 aromatic rings. The lowest BCUT2D eigenvalue weighted by Gasteiger charge is -2.11. The third kappa shape index (κ3) is 4.30. The Hall–Kier alpha value is -0.870. The van der Waals surface area contributed by atoms with Crippen molar-refractivity contribution in [3.63, 3.8) is 0 Å². The number of nitrogens with zero attached hydrogens (tertiary/aromatic N) is 2. The molecule has 0 amide bonds. The molecule has 0 spiro atoms. The van der Waals surface area contributed by atoms with Gasteiger partial charge in [-0.25, -0.2) is 0 Å². The van der Waals surface area contributed by atoms with Gasteiger partial charge in [-0.2, -0.15) is 5.10 Å². The number of ether oxygens (including phenoxy) is 1. The van der Waals surface area contributed by atoms with Crippen LogP contribution in [0.2, 0.25) is 0 Å². The molecule has 0 saturated carbocycles.